The third-order valence-corrected chi connectivity index (χ3v) is 5.92. The molecule has 4 rings (SSSR count). The van der Waals surface area contributed by atoms with Crippen molar-refractivity contribution in [3.05, 3.63) is 41.8 Å². The van der Waals surface area contributed by atoms with Crippen molar-refractivity contribution >= 4 is 23.4 Å². The summed E-state index contributed by atoms with van der Waals surface area (Å²) in [5, 5.41) is 9.10. The van der Waals surface area contributed by atoms with Crippen molar-refractivity contribution in [2.45, 2.75) is 50.9 Å². The number of amides is 3. The van der Waals surface area contributed by atoms with Crippen molar-refractivity contribution in [1.29, 1.82) is 0 Å². The Kier molecular flexibility index (Phi) is 6.93. The molecule has 0 radical (unpaired) electrons. The van der Waals surface area contributed by atoms with E-state index in [-0.39, 0.29) is 42.4 Å². The van der Waals surface area contributed by atoms with Crippen LogP contribution in [-0.4, -0.2) is 66.2 Å². The smallest absolute Gasteiger partial charge is 0.294 e. The Morgan fingerprint density at radius 2 is 2.09 bits per heavy atom. The van der Waals surface area contributed by atoms with Gasteiger partial charge in [0.1, 0.15) is 18.5 Å². The van der Waals surface area contributed by atoms with Crippen molar-refractivity contribution in [2.75, 3.05) is 25.5 Å². The number of likely N-dealkylation sites (N-methyl/N-ethyl adjacent to an activating group) is 1. The van der Waals surface area contributed by atoms with Crippen LogP contribution in [-0.2, 0) is 9.53 Å². The average Bonchev–Trinajstić information content (AvgIpc) is 3.36. The number of carbonyl (C=O) groups excluding carboxylic acids is 3. The number of fused-ring (bicyclic) bond motifs is 2. The van der Waals surface area contributed by atoms with Gasteiger partial charge in [-0.25, -0.2) is 0 Å². The van der Waals surface area contributed by atoms with E-state index in [4.69, 9.17) is 14.0 Å². The van der Waals surface area contributed by atoms with Crippen LogP contribution < -0.4 is 15.4 Å². The van der Waals surface area contributed by atoms with Gasteiger partial charge < -0.3 is 29.5 Å². The molecule has 3 amide bonds. The Labute approximate surface area is 191 Å². The largest absolute Gasteiger partial charge is 0.490 e. The van der Waals surface area contributed by atoms with E-state index < -0.39 is 5.91 Å². The van der Waals surface area contributed by atoms with E-state index in [0.29, 0.717) is 42.8 Å². The minimum absolute atomic E-state index is 0.0262. The van der Waals surface area contributed by atoms with Gasteiger partial charge in [0, 0.05) is 25.3 Å². The molecule has 2 aliphatic rings. The number of rotatable bonds is 6. The summed E-state index contributed by atoms with van der Waals surface area (Å²) in [6, 6.07) is 6.17. The second-order valence-electron chi connectivity index (χ2n) is 8.26. The van der Waals surface area contributed by atoms with Gasteiger partial charge in [0.15, 0.2) is 0 Å². The van der Waals surface area contributed by atoms with Crippen LogP contribution in [0.25, 0.3) is 0 Å². The summed E-state index contributed by atoms with van der Waals surface area (Å²) in [5.74, 6) is -0.231. The number of ether oxygens (including phenoxy) is 2. The monoisotopic (exact) mass is 456 g/mol. The fourth-order valence-electron chi connectivity index (χ4n) is 4.17. The lowest BCUT2D eigenvalue weighted by molar-refractivity contribution is -0.134. The number of anilines is 1. The quantitative estimate of drug-likeness (QED) is 0.683. The molecule has 3 atom stereocenters. The molecule has 0 spiro atoms. The van der Waals surface area contributed by atoms with E-state index in [1.807, 2.05) is 6.92 Å². The SMILES string of the molecule is CCCNC(=O)C[C@H]1CC[C@H]2[C@@H](COc3ccc(NC(=O)c4ccno4)cc3C(=O)N2C)O1. The number of nitrogens with zero attached hydrogens (tertiary/aromatic N) is 2. The molecule has 2 aromatic rings. The molecule has 0 aliphatic carbocycles. The molecular weight excluding hydrogens is 428 g/mol. The van der Waals surface area contributed by atoms with Crippen LogP contribution in [0.2, 0.25) is 0 Å². The van der Waals surface area contributed by atoms with E-state index in [9.17, 15) is 14.4 Å². The van der Waals surface area contributed by atoms with Gasteiger partial charge in [-0.1, -0.05) is 12.1 Å². The van der Waals surface area contributed by atoms with Crippen LogP contribution in [0, 0.1) is 0 Å². The average molecular weight is 456 g/mol. The highest BCUT2D eigenvalue weighted by atomic mass is 16.5. The number of hydrogen-bond acceptors (Lipinski definition) is 7. The van der Waals surface area contributed by atoms with Gasteiger partial charge >= 0.3 is 0 Å². The maximum atomic E-state index is 13.3. The molecule has 176 valence electrons. The zero-order valence-corrected chi connectivity index (χ0v) is 18.7. The second-order valence-corrected chi connectivity index (χ2v) is 8.26. The number of hydrogen-bond donors (Lipinski definition) is 2. The zero-order chi connectivity index (χ0) is 23.4. The number of nitrogens with one attached hydrogen (secondary N) is 2. The summed E-state index contributed by atoms with van der Waals surface area (Å²) < 4.78 is 17.0. The molecule has 0 bridgehead atoms. The van der Waals surface area contributed by atoms with Crippen molar-refractivity contribution in [1.82, 2.24) is 15.4 Å². The Balaban J connectivity index is 1.46. The third kappa shape index (κ3) is 5.16. The van der Waals surface area contributed by atoms with E-state index >= 15 is 0 Å². The molecule has 1 aromatic carbocycles. The van der Waals surface area contributed by atoms with Crippen LogP contribution in [0.15, 0.2) is 35.0 Å². The predicted molar refractivity (Wildman–Crippen MR) is 118 cm³/mol. The van der Waals surface area contributed by atoms with Crippen molar-refractivity contribution in [2.24, 2.45) is 0 Å². The first kappa shape index (κ1) is 22.8. The maximum absolute atomic E-state index is 13.3. The second kappa shape index (κ2) is 10.0. The van der Waals surface area contributed by atoms with Gasteiger partial charge in [-0.05, 0) is 37.5 Å². The fourth-order valence-corrected chi connectivity index (χ4v) is 4.17. The standard InChI is InChI=1S/C23H28N4O6/c1-3-9-24-21(28)12-15-5-6-17-20(32-15)13-31-18-7-4-14(11-16(18)23(30)27(17)2)26-22(29)19-8-10-25-33-19/h4,7-8,10-11,15,17,20H,3,5-6,9,12-13H2,1-2H3,(H,24,28)(H,26,29)/t15-,17+,20-/m1/s1. The maximum Gasteiger partial charge on any atom is 0.294 e. The lowest BCUT2D eigenvalue weighted by Crippen LogP contribution is -2.54. The first-order valence-electron chi connectivity index (χ1n) is 11.1. The highest BCUT2D eigenvalue weighted by molar-refractivity contribution is 6.04. The van der Waals surface area contributed by atoms with Gasteiger partial charge in [0.2, 0.25) is 11.7 Å². The fraction of sp³-hybridized carbons (Fsp3) is 0.478. The van der Waals surface area contributed by atoms with E-state index in [1.165, 1.54) is 12.3 Å². The molecule has 2 aliphatic heterocycles. The van der Waals surface area contributed by atoms with Gasteiger partial charge in [-0.2, -0.15) is 0 Å². The first-order chi connectivity index (χ1) is 16.0. The summed E-state index contributed by atoms with van der Waals surface area (Å²) >= 11 is 0. The zero-order valence-electron chi connectivity index (χ0n) is 18.7. The van der Waals surface area contributed by atoms with Crippen LogP contribution in [0.3, 0.4) is 0 Å². The lowest BCUT2D eigenvalue weighted by Gasteiger charge is -2.42. The van der Waals surface area contributed by atoms with Crippen LogP contribution in [0.1, 0.15) is 53.5 Å². The Morgan fingerprint density at radius 1 is 1.24 bits per heavy atom. The molecule has 1 aromatic heterocycles. The van der Waals surface area contributed by atoms with Gasteiger partial charge in [0.25, 0.3) is 11.8 Å². The molecule has 1 saturated heterocycles. The molecule has 1 fully saturated rings. The minimum Gasteiger partial charge on any atom is -0.490 e. The Morgan fingerprint density at radius 3 is 2.85 bits per heavy atom. The van der Waals surface area contributed by atoms with Gasteiger partial charge in [-0.3, -0.25) is 14.4 Å². The summed E-state index contributed by atoms with van der Waals surface area (Å²) in [4.78, 5) is 39.3. The minimum atomic E-state index is -0.463. The lowest BCUT2D eigenvalue weighted by atomic mass is 9.94. The normalized spacial score (nSPS) is 22.3. The van der Waals surface area contributed by atoms with Crippen LogP contribution >= 0.6 is 0 Å². The van der Waals surface area contributed by atoms with Crippen LogP contribution in [0.5, 0.6) is 5.75 Å². The number of benzene rings is 1. The molecular formula is C23H28N4O6. The molecule has 3 heterocycles. The molecule has 10 nitrogen and oxygen atoms in total. The number of carbonyl (C=O) groups is 3. The summed E-state index contributed by atoms with van der Waals surface area (Å²) in [6.45, 7) is 2.91. The molecule has 0 unspecified atom stereocenters. The van der Waals surface area contributed by atoms with Crippen molar-refractivity contribution in [3.63, 3.8) is 0 Å². The molecule has 2 N–H and O–H groups in total. The highest BCUT2D eigenvalue weighted by Gasteiger charge is 2.39. The Bertz CT molecular complexity index is 1010. The predicted octanol–water partition coefficient (Wildman–Crippen LogP) is 2.22. The summed E-state index contributed by atoms with van der Waals surface area (Å²) in [6.07, 6.45) is 3.40. The number of aromatic nitrogens is 1. The molecule has 0 saturated carbocycles. The van der Waals surface area contributed by atoms with Gasteiger partial charge in [0.05, 0.1) is 30.3 Å². The molecule has 33 heavy (non-hydrogen) atoms. The Hall–Kier alpha value is -3.40. The third-order valence-electron chi connectivity index (χ3n) is 5.92. The van der Waals surface area contributed by atoms with Crippen molar-refractivity contribution in [3.8, 4) is 5.75 Å². The van der Waals surface area contributed by atoms with Gasteiger partial charge in [-0.15, -0.1) is 0 Å². The summed E-state index contributed by atoms with van der Waals surface area (Å²) in [5.41, 5.74) is 0.795. The van der Waals surface area contributed by atoms with E-state index in [1.54, 1.807) is 30.1 Å². The molecule has 10 heteroatoms. The highest BCUT2D eigenvalue weighted by Crippen LogP contribution is 2.32. The van der Waals surface area contributed by atoms with Crippen LogP contribution in [0.4, 0.5) is 5.69 Å². The van der Waals surface area contributed by atoms with Crippen molar-refractivity contribution < 1.29 is 28.4 Å². The van der Waals surface area contributed by atoms with E-state index in [2.05, 4.69) is 15.8 Å². The topological polar surface area (TPSA) is 123 Å². The van der Waals surface area contributed by atoms with E-state index in [0.717, 1.165) is 6.42 Å². The first-order valence-corrected chi connectivity index (χ1v) is 11.1. The summed E-state index contributed by atoms with van der Waals surface area (Å²) in [7, 11) is 1.74.